The standard InChI is InChI=1S/C33H38NO6.BrH/c1-3-38-31(35)23-39-29-16-10-11-24(19-29)22-34(2)27-17-18-28(34)21-30(20-27)40-32(36)33(37,25-12-6-4-7-13-25)26-14-8-5-9-15-26;/h4-16,19,27-28,30,37H,3,17-18,20-23H2,1-2H3;1H/q+1;/p-1/t27-,28+,30?,34?;. The van der Waals surface area contributed by atoms with E-state index in [0.29, 0.717) is 35.6 Å². The molecule has 0 radical (unpaired) electrons. The lowest BCUT2D eigenvalue weighted by atomic mass is 9.86. The van der Waals surface area contributed by atoms with Gasteiger partial charge in [-0.05, 0) is 30.2 Å². The highest BCUT2D eigenvalue weighted by Gasteiger charge is 2.53. The quantitative estimate of drug-likeness (QED) is 0.274. The number of nitrogens with zero attached hydrogens (tertiary/aromatic N) is 1. The minimum absolute atomic E-state index is 0. The lowest BCUT2D eigenvalue weighted by Crippen LogP contribution is -3.00. The molecule has 2 bridgehead atoms. The minimum Gasteiger partial charge on any atom is -1.00 e. The van der Waals surface area contributed by atoms with Crippen molar-refractivity contribution in [3.05, 3.63) is 102 Å². The second-order valence-electron chi connectivity index (χ2n) is 11.1. The number of hydrogen-bond donors (Lipinski definition) is 1. The summed E-state index contributed by atoms with van der Waals surface area (Å²) in [5.74, 6) is -0.362. The fourth-order valence-electron chi connectivity index (χ4n) is 6.52. The first-order valence-electron chi connectivity index (χ1n) is 14.1. The first-order chi connectivity index (χ1) is 19.3. The highest BCUT2D eigenvalue weighted by atomic mass is 79.9. The van der Waals surface area contributed by atoms with Gasteiger partial charge in [-0.15, -0.1) is 0 Å². The highest BCUT2D eigenvalue weighted by molar-refractivity contribution is 5.85. The van der Waals surface area contributed by atoms with Crippen molar-refractivity contribution in [3.8, 4) is 5.75 Å². The molecule has 2 unspecified atom stereocenters. The molecule has 3 aromatic rings. The van der Waals surface area contributed by atoms with Gasteiger partial charge in [-0.1, -0.05) is 72.8 Å². The Bertz CT molecular complexity index is 1260. The largest absolute Gasteiger partial charge is 1.00 e. The van der Waals surface area contributed by atoms with E-state index < -0.39 is 11.6 Å². The molecule has 0 aromatic heterocycles. The monoisotopic (exact) mass is 623 g/mol. The lowest BCUT2D eigenvalue weighted by molar-refractivity contribution is -0.961. The maximum Gasteiger partial charge on any atom is 0.347 e. The lowest BCUT2D eigenvalue weighted by Gasteiger charge is -2.47. The number of rotatable bonds is 10. The molecule has 3 aromatic carbocycles. The molecule has 2 aliphatic heterocycles. The second-order valence-corrected chi connectivity index (χ2v) is 11.1. The van der Waals surface area contributed by atoms with Gasteiger partial charge in [0, 0.05) is 31.2 Å². The van der Waals surface area contributed by atoms with Crippen molar-refractivity contribution in [2.24, 2.45) is 0 Å². The number of benzene rings is 3. The van der Waals surface area contributed by atoms with Gasteiger partial charge in [0.2, 0.25) is 5.60 Å². The summed E-state index contributed by atoms with van der Waals surface area (Å²) < 4.78 is 17.6. The average molecular weight is 625 g/mol. The fourth-order valence-corrected chi connectivity index (χ4v) is 6.52. The minimum atomic E-state index is -1.87. The van der Waals surface area contributed by atoms with Crippen LogP contribution in [0, 0.1) is 0 Å². The number of hydrogen-bond acceptors (Lipinski definition) is 6. The van der Waals surface area contributed by atoms with Gasteiger partial charge in [0.05, 0.1) is 25.7 Å². The summed E-state index contributed by atoms with van der Waals surface area (Å²) in [7, 11) is 2.29. The molecule has 2 fully saturated rings. The Kier molecular flexibility index (Phi) is 9.89. The normalized spacial score (nSPS) is 23.2. The van der Waals surface area contributed by atoms with Crippen molar-refractivity contribution < 1.29 is 50.4 Å². The van der Waals surface area contributed by atoms with Gasteiger partial charge in [-0.2, -0.15) is 0 Å². The van der Waals surface area contributed by atoms with Crippen molar-refractivity contribution >= 4 is 11.9 Å². The molecule has 2 saturated heterocycles. The van der Waals surface area contributed by atoms with Crippen LogP contribution in [0.15, 0.2) is 84.9 Å². The van der Waals surface area contributed by atoms with E-state index in [2.05, 4.69) is 13.1 Å². The van der Waals surface area contributed by atoms with Crippen LogP contribution in [-0.2, 0) is 31.2 Å². The van der Waals surface area contributed by atoms with E-state index >= 15 is 0 Å². The zero-order valence-electron chi connectivity index (χ0n) is 23.6. The van der Waals surface area contributed by atoms with Crippen molar-refractivity contribution in [1.29, 1.82) is 0 Å². The van der Waals surface area contributed by atoms with Crippen LogP contribution in [-0.4, -0.2) is 60.0 Å². The van der Waals surface area contributed by atoms with Crippen LogP contribution in [0.2, 0.25) is 0 Å². The van der Waals surface area contributed by atoms with Crippen LogP contribution < -0.4 is 21.7 Å². The molecular weight excluding hydrogens is 586 g/mol. The number of carbonyl (C=O) groups excluding carboxylic acids is 2. The molecular formula is C33H38BrNO6. The van der Waals surface area contributed by atoms with E-state index in [1.807, 2.05) is 54.6 Å². The summed E-state index contributed by atoms with van der Waals surface area (Å²) in [6, 6.07) is 26.6. The maximum atomic E-state index is 13.7. The van der Waals surface area contributed by atoms with E-state index in [1.54, 1.807) is 31.2 Å². The van der Waals surface area contributed by atoms with Crippen LogP contribution >= 0.6 is 0 Å². The Morgan fingerprint density at radius 1 is 0.902 bits per heavy atom. The van der Waals surface area contributed by atoms with Gasteiger partial charge in [0.15, 0.2) is 6.61 Å². The summed E-state index contributed by atoms with van der Waals surface area (Å²) in [6.07, 6.45) is 3.37. The van der Waals surface area contributed by atoms with Crippen LogP contribution in [0.25, 0.3) is 0 Å². The Labute approximate surface area is 252 Å². The van der Waals surface area contributed by atoms with Crippen molar-refractivity contribution in [2.75, 3.05) is 20.3 Å². The molecule has 2 heterocycles. The number of piperidine rings is 1. The first-order valence-corrected chi connectivity index (χ1v) is 14.1. The molecule has 5 rings (SSSR count). The van der Waals surface area contributed by atoms with E-state index in [1.165, 1.54) is 0 Å². The number of esters is 2. The molecule has 41 heavy (non-hydrogen) atoms. The van der Waals surface area contributed by atoms with E-state index in [9.17, 15) is 14.7 Å². The molecule has 2 aliphatic rings. The van der Waals surface area contributed by atoms with Gasteiger partial charge in [0.25, 0.3) is 0 Å². The Morgan fingerprint density at radius 2 is 1.49 bits per heavy atom. The Morgan fingerprint density at radius 3 is 2.05 bits per heavy atom. The van der Waals surface area contributed by atoms with Gasteiger partial charge >= 0.3 is 11.9 Å². The van der Waals surface area contributed by atoms with Crippen molar-refractivity contribution in [3.63, 3.8) is 0 Å². The molecule has 8 heteroatoms. The van der Waals surface area contributed by atoms with Gasteiger partial charge in [-0.25, -0.2) is 9.59 Å². The van der Waals surface area contributed by atoms with Crippen molar-refractivity contribution in [2.45, 2.75) is 62.9 Å². The van der Waals surface area contributed by atoms with E-state index in [-0.39, 0.29) is 35.7 Å². The fraction of sp³-hybridized carbons (Fsp3) is 0.394. The first kappa shape index (κ1) is 30.8. The zero-order valence-corrected chi connectivity index (χ0v) is 25.2. The number of quaternary nitrogens is 1. The smallest absolute Gasteiger partial charge is 0.347 e. The number of aliphatic hydroxyl groups is 1. The maximum absolute atomic E-state index is 13.7. The SMILES string of the molecule is CCOC(=O)COc1cccc(C[N+]2(C)[C@@H]3CC[C@H]2CC(OC(=O)C(O)(c2ccccc2)c2ccccc2)C3)c1.[Br-]. The molecule has 218 valence electrons. The Balaban J connectivity index is 0.00000387. The van der Waals surface area contributed by atoms with Gasteiger partial charge in [-0.3, -0.25) is 0 Å². The summed E-state index contributed by atoms with van der Waals surface area (Å²) in [4.78, 5) is 25.4. The predicted molar refractivity (Wildman–Crippen MR) is 150 cm³/mol. The molecule has 7 nitrogen and oxygen atoms in total. The summed E-state index contributed by atoms with van der Waals surface area (Å²) >= 11 is 0. The zero-order chi connectivity index (χ0) is 28.2. The summed E-state index contributed by atoms with van der Waals surface area (Å²) in [5, 5.41) is 11.8. The summed E-state index contributed by atoms with van der Waals surface area (Å²) in [6.45, 7) is 2.81. The predicted octanol–water partition coefficient (Wildman–Crippen LogP) is 1.75. The highest BCUT2D eigenvalue weighted by Crippen LogP contribution is 2.44. The number of halogens is 1. The topological polar surface area (TPSA) is 82.1 Å². The molecule has 0 amide bonds. The summed E-state index contributed by atoms with van der Waals surface area (Å²) in [5.41, 5.74) is 0.256. The van der Waals surface area contributed by atoms with Crippen LogP contribution in [0.5, 0.6) is 5.75 Å². The van der Waals surface area contributed by atoms with E-state index in [4.69, 9.17) is 14.2 Å². The van der Waals surface area contributed by atoms with Gasteiger partial charge < -0.3 is 40.8 Å². The number of carbonyl (C=O) groups is 2. The molecule has 0 saturated carbocycles. The molecule has 4 atom stereocenters. The molecule has 0 spiro atoms. The Hall–Kier alpha value is -3.20. The molecule has 1 N–H and O–H groups in total. The van der Waals surface area contributed by atoms with Gasteiger partial charge in [0.1, 0.15) is 18.4 Å². The number of fused-ring (bicyclic) bond motifs is 2. The van der Waals surface area contributed by atoms with Crippen LogP contribution in [0.3, 0.4) is 0 Å². The van der Waals surface area contributed by atoms with Crippen molar-refractivity contribution in [1.82, 2.24) is 0 Å². The average Bonchev–Trinajstić information content (AvgIpc) is 3.12. The third kappa shape index (κ3) is 6.50. The molecule has 0 aliphatic carbocycles. The van der Waals surface area contributed by atoms with Crippen LogP contribution in [0.1, 0.15) is 49.3 Å². The third-order valence-corrected chi connectivity index (χ3v) is 8.61. The van der Waals surface area contributed by atoms with E-state index in [0.717, 1.165) is 42.3 Å². The third-order valence-electron chi connectivity index (χ3n) is 8.61. The second kappa shape index (κ2) is 13.2. The number of ether oxygens (including phenoxy) is 3. The van der Waals surface area contributed by atoms with Crippen LogP contribution in [0.4, 0.5) is 0 Å².